The molecule has 96 valence electrons. The van der Waals surface area contributed by atoms with Gasteiger partial charge in [-0.3, -0.25) is 4.90 Å². The summed E-state index contributed by atoms with van der Waals surface area (Å²) in [5.74, 6) is -0.280. The summed E-state index contributed by atoms with van der Waals surface area (Å²) in [7, 11) is 2.05. The predicted molar refractivity (Wildman–Crippen MR) is 65.8 cm³/mol. The second kappa shape index (κ2) is 4.69. The molecule has 0 amide bonds. The van der Waals surface area contributed by atoms with Gasteiger partial charge in [0.25, 0.3) is 0 Å². The SMILES string of the molecule is CN[C@H]1CC2(CC[C@@H]1N1CC=CC1)OCCO2. The van der Waals surface area contributed by atoms with E-state index in [-0.39, 0.29) is 5.79 Å². The molecule has 4 nitrogen and oxygen atoms in total. The molecule has 3 rings (SSSR count). The first-order valence-corrected chi connectivity index (χ1v) is 6.67. The first-order chi connectivity index (χ1) is 8.33. The minimum atomic E-state index is -0.280. The average Bonchev–Trinajstić information content (AvgIpc) is 3.01. The lowest BCUT2D eigenvalue weighted by Gasteiger charge is -2.44. The van der Waals surface area contributed by atoms with E-state index in [0.29, 0.717) is 12.1 Å². The molecule has 1 saturated heterocycles. The molecule has 2 heterocycles. The summed E-state index contributed by atoms with van der Waals surface area (Å²) in [5.41, 5.74) is 0. The van der Waals surface area contributed by atoms with Gasteiger partial charge in [0.15, 0.2) is 5.79 Å². The third-order valence-corrected chi connectivity index (χ3v) is 4.32. The minimum Gasteiger partial charge on any atom is -0.347 e. The highest BCUT2D eigenvalue weighted by atomic mass is 16.7. The molecule has 4 heteroatoms. The fourth-order valence-electron chi connectivity index (χ4n) is 3.40. The van der Waals surface area contributed by atoms with Crippen LogP contribution in [0.15, 0.2) is 12.2 Å². The molecular weight excluding hydrogens is 216 g/mol. The van der Waals surface area contributed by atoms with Crippen LogP contribution in [0.2, 0.25) is 0 Å². The van der Waals surface area contributed by atoms with E-state index in [1.807, 2.05) is 0 Å². The maximum Gasteiger partial charge on any atom is 0.170 e. The molecule has 0 radical (unpaired) electrons. The summed E-state index contributed by atoms with van der Waals surface area (Å²) >= 11 is 0. The standard InChI is InChI=1S/C13H22N2O2/c1-14-11-10-13(16-8-9-17-13)5-4-12(11)15-6-2-3-7-15/h2-3,11-12,14H,4-10H2,1H3/t11-,12-/m0/s1. The molecular formula is C13H22N2O2. The first kappa shape index (κ1) is 11.7. The van der Waals surface area contributed by atoms with Crippen LogP contribution in [0.3, 0.4) is 0 Å². The molecule has 0 aromatic heterocycles. The van der Waals surface area contributed by atoms with Crippen molar-refractivity contribution < 1.29 is 9.47 Å². The molecule has 2 aliphatic heterocycles. The third kappa shape index (κ3) is 2.15. The van der Waals surface area contributed by atoms with Crippen molar-refractivity contribution in [1.29, 1.82) is 0 Å². The number of hydrogen-bond donors (Lipinski definition) is 1. The van der Waals surface area contributed by atoms with Crippen molar-refractivity contribution in [2.24, 2.45) is 0 Å². The van der Waals surface area contributed by atoms with E-state index in [1.54, 1.807) is 0 Å². The van der Waals surface area contributed by atoms with Crippen LogP contribution in [0.5, 0.6) is 0 Å². The summed E-state index contributed by atoms with van der Waals surface area (Å²) in [6.07, 6.45) is 7.70. The number of nitrogens with zero attached hydrogens (tertiary/aromatic N) is 1. The molecule has 2 fully saturated rings. The number of ether oxygens (including phenoxy) is 2. The number of nitrogens with one attached hydrogen (secondary N) is 1. The van der Waals surface area contributed by atoms with Gasteiger partial charge in [-0.25, -0.2) is 0 Å². The lowest BCUT2D eigenvalue weighted by atomic mass is 9.85. The smallest absolute Gasteiger partial charge is 0.170 e. The normalized spacial score (nSPS) is 37.0. The first-order valence-electron chi connectivity index (χ1n) is 6.67. The van der Waals surface area contributed by atoms with Gasteiger partial charge in [-0.05, 0) is 13.5 Å². The van der Waals surface area contributed by atoms with Crippen molar-refractivity contribution in [3.05, 3.63) is 12.2 Å². The molecule has 1 aliphatic carbocycles. The van der Waals surface area contributed by atoms with Gasteiger partial charge >= 0.3 is 0 Å². The molecule has 0 bridgehead atoms. The van der Waals surface area contributed by atoms with Gasteiger partial charge in [0, 0.05) is 38.0 Å². The average molecular weight is 238 g/mol. The van der Waals surface area contributed by atoms with E-state index >= 15 is 0 Å². The Balaban J connectivity index is 1.67. The highest BCUT2D eigenvalue weighted by molar-refractivity contribution is 5.03. The summed E-state index contributed by atoms with van der Waals surface area (Å²) in [6, 6.07) is 1.09. The van der Waals surface area contributed by atoms with Crippen LogP contribution in [0.4, 0.5) is 0 Å². The van der Waals surface area contributed by atoms with Gasteiger partial charge < -0.3 is 14.8 Å². The number of likely N-dealkylation sites (N-methyl/N-ethyl adjacent to an activating group) is 1. The topological polar surface area (TPSA) is 33.7 Å². The minimum absolute atomic E-state index is 0.280. The van der Waals surface area contributed by atoms with Crippen LogP contribution >= 0.6 is 0 Å². The van der Waals surface area contributed by atoms with Gasteiger partial charge in [-0.1, -0.05) is 12.2 Å². The van der Waals surface area contributed by atoms with Crippen molar-refractivity contribution in [3.8, 4) is 0 Å². The fourth-order valence-corrected chi connectivity index (χ4v) is 3.40. The molecule has 1 saturated carbocycles. The molecule has 0 aromatic carbocycles. The van der Waals surface area contributed by atoms with Crippen LogP contribution in [-0.2, 0) is 9.47 Å². The lowest BCUT2D eigenvalue weighted by Crippen LogP contribution is -2.56. The number of hydrogen-bond acceptors (Lipinski definition) is 4. The van der Waals surface area contributed by atoms with Gasteiger partial charge in [-0.15, -0.1) is 0 Å². The maximum absolute atomic E-state index is 5.83. The lowest BCUT2D eigenvalue weighted by molar-refractivity contribution is -0.189. The van der Waals surface area contributed by atoms with E-state index in [2.05, 4.69) is 29.4 Å². The van der Waals surface area contributed by atoms with Crippen molar-refractivity contribution in [2.75, 3.05) is 33.4 Å². The summed E-state index contributed by atoms with van der Waals surface area (Å²) in [4.78, 5) is 2.54. The molecule has 0 unspecified atom stereocenters. The van der Waals surface area contributed by atoms with Crippen LogP contribution in [0.1, 0.15) is 19.3 Å². The van der Waals surface area contributed by atoms with Crippen molar-refractivity contribution in [3.63, 3.8) is 0 Å². The zero-order valence-corrected chi connectivity index (χ0v) is 10.5. The van der Waals surface area contributed by atoms with E-state index in [1.165, 1.54) is 0 Å². The van der Waals surface area contributed by atoms with Gasteiger partial charge in [0.1, 0.15) is 0 Å². The largest absolute Gasteiger partial charge is 0.347 e. The molecule has 1 N–H and O–H groups in total. The van der Waals surface area contributed by atoms with Crippen LogP contribution < -0.4 is 5.32 Å². The van der Waals surface area contributed by atoms with Crippen LogP contribution in [0.25, 0.3) is 0 Å². The van der Waals surface area contributed by atoms with Gasteiger partial charge in [0.2, 0.25) is 0 Å². The third-order valence-electron chi connectivity index (χ3n) is 4.32. The van der Waals surface area contributed by atoms with Gasteiger partial charge in [-0.2, -0.15) is 0 Å². The van der Waals surface area contributed by atoms with Crippen molar-refractivity contribution in [1.82, 2.24) is 10.2 Å². The van der Waals surface area contributed by atoms with Gasteiger partial charge in [0.05, 0.1) is 13.2 Å². The molecule has 2 atom stereocenters. The van der Waals surface area contributed by atoms with Crippen LogP contribution in [-0.4, -0.2) is 56.1 Å². The molecule has 0 aromatic rings. The van der Waals surface area contributed by atoms with Crippen molar-refractivity contribution >= 4 is 0 Å². The molecule has 1 spiro atoms. The summed E-state index contributed by atoms with van der Waals surface area (Å²) in [6.45, 7) is 3.70. The van der Waals surface area contributed by atoms with Crippen LogP contribution in [0, 0.1) is 0 Å². The Bertz CT molecular complexity index is 292. The highest BCUT2D eigenvalue weighted by Crippen LogP contribution is 2.37. The fraction of sp³-hybridized carbons (Fsp3) is 0.846. The zero-order valence-electron chi connectivity index (χ0n) is 10.5. The summed E-state index contributed by atoms with van der Waals surface area (Å²) < 4.78 is 11.7. The Kier molecular flexibility index (Phi) is 3.21. The highest BCUT2D eigenvalue weighted by Gasteiger charge is 2.46. The summed E-state index contributed by atoms with van der Waals surface area (Å²) in [5, 5.41) is 3.45. The predicted octanol–water partition coefficient (Wildman–Crippen LogP) is 0.742. The van der Waals surface area contributed by atoms with E-state index in [9.17, 15) is 0 Å². The Hall–Kier alpha value is -0.420. The Morgan fingerprint density at radius 1 is 1.24 bits per heavy atom. The van der Waals surface area contributed by atoms with Crippen molar-refractivity contribution in [2.45, 2.75) is 37.1 Å². The second-order valence-electron chi connectivity index (χ2n) is 5.24. The quantitative estimate of drug-likeness (QED) is 0.720. The maximum atomic E-state index is 5.83. The monoisotopic (exact) mass is 238 g/mol. The van der Waals surface area contributed by atoms with E-state index in [4.69, 9.17) is 9.47 Å². The second-order valence-corrected chi connectivity index (χ2v) is 5.24. The molecule has 3 aliphatic rings. The zero-order chi connectivity index (χ0) is 11.7. The number of rotatable bonds is 2. The molecule has 17 heavy (non-hydrogen) atoms. The Morgan fingerprint density at radius 3 is 2.59 bits per heavy atom. The van der Waals surface area contributed by atoms with E-state index in [0.717, 1.165) is 45.6 Å². The Labute approximate surface area is 103 Å². The van der Waals surface area contributed by atoms with E-state index < -0.39 is 0 Å². The Morgan fingerprint density at radius 2 is 1.94 bits per heavy atom.